The van der Waals surface area contributed by atoms with Gasteiger partial charge in [-0.2, -0.15) is 0 Å². The number of ether oxygens (including phenoxy) is 1. The SMILES string of the molecule is CCC(CCC(C)=CCCC(C)=CCO[Si](c1ccccc1)(c1ccccc1)C(C)(C)C)OC(C)=O. The lowest BCUT2D eigenvalue weighted by molar-refractivity contribution is -0.146. The number of esters is 1. The molecule has 0 aliphatic heterocycles. The largest absolute Gasteiger partial charge is 0.463 e. The fourth-order valence-electron chi connectivity index (χ4n) is 4.79. The molecule has 0 fully saturated rings. The van der Waals surface area contributed by atoms with Crippen LogP contribution in [0.25, 0.3) is 0 Å². The molecule has 0 heterocycles. The summed E-state index contributed by atoms with van der Waals surface area (Å²) in [6.07, 6.45) is 9.34. The van der Waals surface area contributed by atoms with Crippen LogP contribution in [0.1, 0.15) is 80.6 Å². The quantitative estimate of drug-likeness (QED) is 0.162. The minimum Gasteiger partial charge on any atom is -0.463 e. The highest BCUT2D eigenvalue weighted by Gasteiger charge is 2.49. The van der Waals surface area contributed by atoms with Crippen LogP contribution in [-0.4, -0.2) is 27.0 Å². The molecular formula is C32H46O3Si. The molecule has 0 aliphatic rings. The van der Waals surface area contributed by atoms with Crippen molar-refractivity contribution in [1.82, 2.24) is 0 Å². The van der Waals surface area contributed by atoms with Crippen molar-refractivity contribution in [1.29, 1.82) is 0 Å². The molecule has 196 valence electrons. The van der Waals surface area contributed by atoms with Gasteiger partial charge in [0.05, 0.1) is 6.61 Å². The van der Waals surface area contributed by atoms with Crippen LogP contribution in [0.5, 0.6) is 0 Å². The lowest BCUT2D eigenvalue weighted by atomic mass is 10.0. The third kappa shape index (κ3) is 8.60. The lowest BCUT2D eigenvalue weighted by Gasteiger charge is -2.42. The van der Waals surface area contributed by atoms with Crippen LogP contribution in [0.2, 0.25) is 5.04 Å². The minimum absolute atomic E-state index is 0.0141. The summed E-state index contributed by atoms with van der Waals surface area (Å²) in [5.41, 5.74) is 2.71. The van der Waals surface area contributed by atoms with Gasteiger partial charge in [-0.05, 0) is 61.4 Å². The zero-order valence-electron chi connectivity index (χ0n) is 23.5. The van der Waals surface area contributed by atoms with Crippen LogP contribution in [0.15, 0.2) is 84.0 Å². The fourth-order valence-corrected chi connectivity index (χ4v) is 9.28. The van der Waals surface area contributed by atoms with Crippen LogP contribution >= 0.6 is 0 Å². The molecule has 0 saturated heterocycles. The summed E-state index contributed by atoms with van der Waals surface area (Å²) in [7, 11) is -2.49. The highest BCUT2D eigenvalue weighted by Crippen LogP contribution is 2.36. The van der Waals surface area contributed by atoms with Crippen molar-refractivity contribution in [2.75, 3.05) is 6.61 Å². The van der Waals surface area contributed by atoms with Gasteiger partial charge < -0.3 is 9.16 Å². The van der Waals surface area contributed by atoms with Crippen molar-refractivity contribution in [2.45, 2.75) is 91.7 Å². The van der Waals surface area contributed by atoms with E-state index in [-0.39, 0.29) is 17.1 Å². The lowest BCUT2D eigenvalue weighted by Crippen LogP contribution is -2.66. The molecule has 0 aromatic heterocycles. The van der Waals surface area contributed by atoms with E-state index < -0.39 is 8.32 Å². The van der Waals surface area contributed by atoms with Crippen molar-refractivity contribution in [3.8, 4) is 0 Å². The summed E-state index contributed by atoms with van der Waals surface area (Å²) in [5, 5.41) is 2.61. The predicted molar refractivity (Wildman–Crippen MR) is 155 cm³/mol. The molecule has 3 nitrogen and oxygen atoms in total. The van der Waals surface area contributed by atoms with Gasteiger partial charge >= 0.3 is 5.97 Å². The van der Waals surface area contributed by atoms with Gasteiger partial charge in [0.25, 0.3) is 8.32 Å². The van der Waals surface area contributed by atoms with Crippen molar-refractivity contribution < 1.29 is 14.0 Å². The van der Waals surface area contributed by atoms with Crippen molar-refractivity contribution in [2.24, 2.45) is 0 Å². The van der Waals surface area contributed by atoms with Crippen molar-refractivity contribution >= 4 is 24.7 Å². The Morgan fingerprint density at radius 1 is 0.861 bits per heavy atom. The monoisotopic (exact) mass is 506 g/mol. The minimum atomic E-state index is -2.49. The van der Waals surface area contributed by atoms with E-state index in [1.165, 1.54) is 28.4 Å². The third-order valence-corrected chi connectivity index (χ3v) is 11.8. The molecule has 0 amide bonds. The third-order valence-electron chi connectivity index (χ3n) is 6.83. The Balaban J connectivity index is 2.06. The van der Waals surface area contributed by atoms with E-state index in [1.54, 1.807) is 0 Å². The summed E-state index contributed by atoms with van der Waals surface area (Å²) in [6, 6.07) is 21.6. The molecule has 0 spiro atoms. The molecule has 0 saturated carbocycles. The molecule has 0 radical (unpaired) electrons. The van der Waals surface area contributed by atoms with E-state index in [9.17, 15) is 4.79 Å². The molecule has 1 atom stereocenters. The summed E-state index contributed by atoms with van der Waals surface area (Å²) >= 11 is 0. The van der Waals surface area contributed by atoms with Gasteiger partial charge in [0.2, 0.25) is 0 Å². The fraction of sp³-hybridized carbons (Fsp3) is 0.469. The molecule has 2 aromatic carbocycles. The number of carbonyl (C=O) groups excluding carboxylic acids is 1. The maximum atomic E-state index is 11.2. The Morgan fingerprint density at radius 2 is 1.39 bits per heavy atom. The van der Waals surface area contributed by atoms with E-state index >= 15 is 0 Å². The Morgan fingerprint density at radius 3 is 1.86 bits per heavy atom. The predicted octanol–water partition coefficient (Wildman–Crippen LogP) is 7.36. The van der Waals surface area contributed by atoms with E-state index in [0.29, 0.717) is 6.61 Å². The van der Waals surface area contributed by atoms with Crippen molar-refractivity contribution in [3.05, 3.63) is 84.0 Å². The van der Waals surface area contributed by atoms with E-state index in [2.05, 4.69) is 114 Å². The molecule has 0 aliphatic carbocycles. The topological polar surface area (TPSA) is 35.5 Å². The zero-order valence-corrected chi connectivity index (χ0v) is 24.5. The van der Waals surface area contributed by atoms with Crippen LogP contribution in [0, 0.1) is 0 Å². The number of hydrogen-bond acceptors (Lipinski definition) is 3. The van der Waals surface area contributed by atoms with Gasteiger partial charge in [0, 0.05) is 6.92 Å². The first kappa shape index (κ1) is 29.8. The molecule has 1 unspecified atom stereocenters. The second-order valence-electron chi connectivity index (χ2n) is 10.8. The highest BCUT2D eigenvalue weighted by molar-refractivity contribution is 6.99. The number of rotatable bonds is 13. The molecule has 4 heteroatoms. The van der Waals surface area contributed by atoms with Crippen molar-refractivity contribution in [3.63, 3.8) is 0 Å². The molecule has 0 N–H and O–H groups in total. The average molecular weight is 507 g/mol. The zero-order chi connectivity index (χ0) is 26.6. The summed E-state index contributed by atoms with van der Waals surface area (Å²) in [4.78, 5) is 11.2. The maximum Gasteiger partial charge on any atom is 0.302 e. The van der Waals surface area contributed by atoms with E-state index in [4.69, 9.17) is 9.16 Å². The number of carbonyl (C=O) groups is 1. The molecule has 36 heavy (non-hydrogen) atoms. The Labute approximate surface area is 220 Å². The number of benzene rings is 2. The second-order valence-corrected chi connectivity index (χ2v) is 15.1. The van der Waals surface area contributed by atoms with Gasteiger partial charge in [-0.1, -0.05) is 112 Å². The van der Waals surface area contributed by atoms with Crippen LogP contribution < -0.4 is 10.4 Å². The summed E-state index contributed by atoms with van der Waals surface area (Å²) < 4.78 is 12.3. The summed E-state index contributed by atoms with van der Waals surface area (Å²) in [6.45, 7) is 15.5. The standard InChI is InChI=1S/C32H46O3Si/c1-8-29(35-28(4)33)23-22-26(2)16-15-17-27(3)24-25-34-36(32(5,6)7,30-18-11-9-12-19-30)31-20-13-10-14-21-31/h9-14,16,18-21,24,29H,8,15,17,22-23,25H2,1-7H3. The molecular weight excluding hydrogens is 460 g/mol. The number of hydrogen-bond donors (Lipinski definition) is 0. The van der Waals surface area contributed by atoms with Gasteiger partial charge in [0.15, 0.2) is 0 Å². The Kier molecular flexibility index (Phi) is 11.9. The normalized spacial score (nSPS) is 14.0. The molecule has 0 bridgehead atoms. The average Bonchev–Trinajstić information content (AvgIpc) is 2.84. The van der Waals surface area contributed by atoms with Crippen LogP contribution in [-0.2, 0) is 14.0 Å². The Bertz CT molecular complexity index is 948. The molecule has 2 aromatic rings. The van der Waals surface area contributed by atoms with E-state index in [0.717, 1.165) is 32.1 Å². The second kappa shape index (κ2) is 14.3. The van der Waals surface area contributed by atoms with Crippen LogP contribution in [0.3, 0.4) is 0 Å². The van der Waals surface area contributed by atoms with E-state index in [1.807, 2.05) is 0 Å². The Hall–Kier alpha value is -2.43. The van der Waals surface area contributed by atoms with Gasteiger partial charge in [-0.3, -0.25) is 4.79 Å². The molecule has 2 rings (SSSR count). The highest BCUT2D eigenvalue weighted by atomic mass is 28.4. The van der Waals surface area contributed by atoms with Crippen LogP contribution in [0.4, 0.5) is 0 Å². The first-order chi connectivity index (χ1) is 17.1. The smallest absolute Gasteiger partial charge is 0.302 e. The summed E-state index contributed by atoms with van der Waals surface area (Å²) in [5.74, 6) is -0.190. The van der Waals surface area contributed by atoms with Gasteiger partial charge in [0.1, 0.15) is 6.10 Å². The van der Waals surface area contributed by atoms with Gasteiger partial charge in [-0.25, -0.2) is 0 Å². The maximum absolute atomic E-state index is 11.2. The van der Waals surface area contributed by atoms with Gasteiger partial charge in [-0.15, -0.1) is 0 Å². The first-order valence-electron chi connectivity index (χ1n) is 13.3. The first-order valence-corrected chi connectivity index (χ1v) is 15.2. The number of allylic oxidation sites excluding steroid dienone is 3.